The molecule has 0 radical (unpaired) electrons. The summed E-state index contributed by atoms with van der Waals surface area (Å²) in [5, 5.41) is 12.5. The number of benzene rings is 1. The minimum atomic E-state index is -0.386. The molecule has 9 heteroatoms. The lowest BCUT2D eigenvalue weighted by atomic mass is 10.2. The van der Waals surface area contributed by atoms with Gasteiger partial charge in [0.15, 0.2) is 16.1 Å². The summed E-state index contributed by atoms with van der Waals surface area (Å²) < 4.78 is 1.95. The van der Waals surface area contributed by atoms with E-state index < -0.39 is 0 Å². The van der Waals surface area contributed by atoms with Crippen molar-refractivity contribution in [2.45, 2.75) is 31.2 Å². The van der Waals surface area contributed by atoms with Crippen LogP contribution in [-0.4, -0.2) is 35.9 Å². The number of nitrogens with one attached hydrogen (secondary N) is 1. The van der Waals surface area contributed by atoms with Crippen LogP contribution in [0.15, 0.2) is 60.0 Å². The Labute approximate surface area is 182 Å². The van der Waals surface area contributed by atoms with Crippen LogP contribution in [0, 0.1) is 13.8 Å². The third kappa shape index (κ3) is 4.27. The first kappa shape index (κ1) is 20.2. The molecule has 152 valence electrons. The van der Waals surface area contributed by atoms with Gasteiger partial charge in [-0.15, -0.1) is 21.5 Å². The summed E-state index contributed by atoms with van der Waals surface area (Å²) in [6.45, 7) is 5.77. The van der Waals surface area contributed by atoms with Crippen LogP contribution in [0.4, 0.5) is 5.13 Å². The Morgan fingerprint density at radius 2 is 1.93 bits per heavy atom. The Bertz CT molecular complexity index is 1140. The van der Waals surface area contributed by atoms with Crippen molar-refractivity contribution in [3.05, 3.63) is 65.4 Å². The largest absolute Gasteiger partial charge is 0.301 e. The predicted molar refractivity (Wildman–Crippen MR) is 120 cm³/mol. The van der Waals surface area contributed by atoms with E-state index >= 15 is 0 Å². The summed E-state index contributed by atoms with van der Waals surface area (Å²) in [4.78, 5) is 22.4. The van der Waals surface area contributed by atoms with Gasteiger partial charge < -0.3 is 5.32 Å². The molecule has 1 amide bonds. The molecule has 0 bridgehead atoms. The summed E-state index contributed by atoms with van der Waals surface area (Å²) >= 11 is 2.83. The molecule has 0 saturated carbocycles. The molecule has 0 aliphatic rings. The predicted octanol–water partition coefficient (Wildman–Crippen LogP) is 4.52. The Morgan fingerprint density at radius 1 is 1.13 bits per heavy atom. The average Bonchev–Trinajstić information content (AvgIpc) is 3.31. The smallest absolute Gasteiger partial charge is 0.239 e. The van der Waals surface area contributed by atoms with Gasteiger partial charge in [0, 0.05) is 28.5 Å². The summed E-state index contributed by atoms with van der Waals surface area (Å²) in [6.07, 6.45) is 3.47. The molecule has 0 aliphatic heterocycles. The lowest BCUT2D eigenvalue weighted by Gasteiger charge is -2.13. The molecule has 1 unspecified atom stereocenters. The van der Waals surface area contributed by atoms with Crippen LogP contribution >= 0.6 is 23.1 Å². The van der Waals surface area contributed by atoms with E-state index in [1.807, 2.05) is 67.8 Å². The second-order valence-corrected chi connectivity index (χ2v) is 9.14. The molecule has 0 saturated heterocycles. The number of aryl methyl sites for hydroxylation is 2. The molecule has 4 aromatic rings. The summed E-state index contributed by atoms with van der Waals surface area (Å²) in [7, 11) is 0. The van der Waals surface area contributed by atoms with Crippen LogP contribution in [0.5, 0.6) is 0 Å². The van der Waals surface area contributed by atoms with E-state index in [4.69, 9.17) is 0 Å². The zero-order valence-electron chi connectivity index (χ0n) is 16.7. The number of para-hydroxylation sites is 1. The van der Waals surface area contributed by atoms with E-state index in [1.54, 1.807) is 12.4 Å². The summed E-state index contributed by atoms with van der Waals surface area (Å²) in [6, 6.07) is 13.6. The fraction of sp³-hybridized carbons (Fsp3) is 0.190. The molecule has 3 heterocycles. The fourth-order valence-electron chi connectivity index (χ4n) is 2.78. The van der Waals surface area contributed by atoms with Crippen LogP contribution in [0.2, 0.25) is 0 Å². The van der Waals surface area contributed by atoms with Crippen LogP contribution < -0.4 is 5.32 Å². The maximum Gasteiger partial charge on any atom is 0.239 e. The number of carbonyl (C=O) groups is 1. The van der Waals surface area contributed by atoms with Gasteiger partial charge in [-0.3, -0.25) is 14.3 Å². The SMILES string of the molecule is Cc1nc(NC(=O)C(C)Sc2nnc(-c3cccnc3)n2-c2ccccc2)sc1C. The maximum atomic E-state index is 12.7. The van der Waals surface area contributed by atoms with Gasteiger partial charge in [0.25, 0.3) is 0 Å². The van der Waals surface area contributed by atoms with Gasteiger partial charge >= 0.3 is 0 Å². The number of hydrogen-bond acceptors (Lipinski definition) is 7. The summed E-state index contributed by atoms with van der Waals surface area (Å²) in [5.41, 5.74) is 2.70. The van der Waals surface area contributed by atoms with Gasteiger partial charge in [-0.25, -0.2) is 4.98 Å². The topological polar surface area (TPSA) is 85.6 Å². The zero-order chi connectivity index (χ0) is 21.1. The number of rotatable bonds is 6. The second kappa shape index (κ2) is 8.76. The number of amides is 1. The molecule has 7 nitrogen and oxygen atoms in total. The molecule has 1 aromatic carbocycles. The van der Waals surface area contributed by atoms with Crippen molar-refractivity contribution in [1.29, 1.82) is 0 Å². The first-order valence-electron chi connectivity index (χ1n) is 9.35. The van der Waals surface area contributed by atoms with Crippen molar-refractivity contribution < 1.29 is 4.79 Å². The number of pyridine rings is 1. The third-order valence-corrected chi connectivity index (χ3v) is 6.51. The quantitative estimate of drug-likeness (QED) is 0.447. The van der Waals surface area contributed by atoms with Crippen molar-refractivity contribution in [3.63, 3.8) is 0 Å². The van der Waals surface area contributed by atoms with Crippen molar-refractivity contribution >= 4 is 34.1 Å². The third-order valence-electron chi connectivity index (χ3n) is 4.48. The molecule has 0 aliphatic carbocycles. The van der Waals surface area contributed by atoms with Gasteiger partial charge in [-0.05, 0) is 45.0 Å². The minimum absolute atomic E-state index is 0.126. The highest BCUT2D eigenvalue weighted by Crippen LogP contribution is 2.30. The highest BCUT2D eigenvalue weighted by atomic mass is 32.2. The van der Waals surface area contributed by atoms with Crippen LogP contribution in [0.3, 0.4) is 0 Å². The van der Waals surface area contributed by atoms with Crippen molar-refractivity contribution in [2.75, 3.05) is 5.32 Å². The number of nitrogens with zero attached hydrogens (tertiary/aromatic N) is 5. The molecule has 0 spiro atoms. The Hall–Kier alpha value is -3.04. The molecular weight excluding hydrogens is 416 g/mol. The van der Waals surface area contributed by atoms with Crippen molar-refractivity contribution in [1.82, 2.24) is 24.7 Å². The molecule has 1 N–H and O–H groups in total. The lowest BCUT2D eigenvalue weighted by molar-refractivity contribution is -0.115. The Kier molecular flexibility index (Phi) is 5.91. The van der Waals surface area contributed by atoms with E-state index in [-0.39, 0.29) is 11.2 Å². The highest BCUT2D eigenvalue weighted by Gasteiger charge is 2.22. The van der Waals surface area contributed by atoms with E-state index in [0.29, 0.717) is 16.1 Å². The lowest BCUT2D eigenvalue weighted by Crippen LogP contribution is -2.22. The van der Waals surface area contributed by atoms with E-state index in [2.05, 4.69) is 25.5 Å². The standard InChI is InChI=1S/C21H20N6OS2/c1-13-14(2)29-20(23-13)24-19(28)15(3)30-21-26-25-18(16-8-7-11-22-12-16)27(21)17-9-5-4-6-10-17/h4-12,15H,1-3H3,(H,23,24,28). The van der Waals surface area contributed by atoms with Gasteiger partial charge in [-0.1, -0.05) is 30.0 Å². The zero-order valence-corrected chi connectivity index (χ0v) is 18.4. The molecular formula is C21H20N6OS2. The first-order valence-corrected chi connectivity index (χ1v) is 11.1. The molecule has 4 rings (SSSR count). The maximum absolute atomic E-state index is 12.7. The van der Waals surface area contributed by atoms with E-state index in [1.165, 1.54) is 23.1 Å². The monoisotopic (exact) mass is 436 g/mol. The molecule has 30 heavy (non-hydrogen) atoms. The number of aromatic nitrogens is 5. The number of carbonyl (C=O) groups excluding carboxylic acids is 1. The van der Waals surface area contributed by atoms with E-state index in [0.717, 1.165) is 21.8 Å². The molecule has 3 aromatic heterocycles. The number of thioether (sulfide) groups is 1. The number of thiazole rings is 1. The van der Waals surface area contributed by atoms with Gasteiger partial charge in [0.1, 0.15) is 0 Å². The van der Waals surface area contributed by atoms with Crippen molar-refractivity contribution in [2.24, 2.45) is 0 Å². The van der Waals surface area contributed by atoms with E-state index in [9.17, 15) is 4.79 Å². The van der Waals surface area contributed by atoms with Crippen molar-refractivity contribution in [3.8, 4) is 17.1 Å². The summed E-state index contributed by atoms with van der Waals surface area (Å²) in [5.74, 6) is 0.551. The Balaban J connectivity index is 1.62. The van der Waals surface area contributed by atoms with Crippen LogP contribution in [0.1, 0.15) is 17.5 Å². The first-order chi connectivity index (χ1) is 14.5. The minimum Gasteiger partial charge on any atom is -0.301 e. The normalized spacial score (nSPS) is 12.0. The van der Waals surface area contributed by atoms with Crippen LogP contribution in [-0.2, 0) is 4.79 Å². The average molecular weight is 437 g/mol. The molecule has 0 fully saturated rings. The Morgan fingerprint density at radius 3 is 2.60 bits per heavy atom. The number of hydrogen-bond donors (Lipinski definition) is 1. The number of anilines is 1. The fourth-order valence-corrected chi connectivity index (χ4v) is 4.47. The van der Waals surface area contributed by atoms with Crippen LogP contribution in [0.25, 0.3) is 17.1 Å². The highest BCUT2D eigenvalue weighted by molar-refractivity contribution is 8.00. The van der Waals surface area contributed by atoms with Gasteiger partial charge in [0.2, 0.25) is 5.91 Å². The second-order valence-electron chi connectivity index (χ2n) is 6.63. The van der Waals surface area contributed by atoms with Gasteiger partial charge in [-0.2, -0.15) is 0 Å². The molecule has 1 atom stereocenters. The van der Waals surface area contributed by atoms with Gasteiger partial charge in [0.05, 0.1) is 10.9 Å².